The maximum Gasteiger partial charge on any atom is 0.338 e. The van der Waals surface area contributed by atoms with Crippen molar-refractivity contribution in [3.8, 4) is 11.3 Å². The summed E-state index contributed by atoms with van der Waals surface area (Å²) in [6.07, 6.45) is 2.87. The Balaban J connectivity index is 1.54. The van der Waals surface area contributed by atoms with Gasteiger partial charge in [-0.1, -0.05) is 23.7 Å². The van der Waals surface area contributed by atoms with Gasteiger partial charge in [0, 0.05) is 22.3 Å². The van der Waals surface area contributed by atoms with Crippen LogP contribution in [0.3, 0.4) is 0 Å². The van der Waals surface area contributed by atoms with E-state index in [2.05, 4.69) is 10.6 Å². The lowest BCUT2D eigenvalue weighted by atomic mass is 10.1. The highest BCUT2D eigenvalue weighted by Gasteiger charge is 2.08. The Bertz CT molecular complexity index is 1170. The van der Waals surface area contributed by atoms with Gasteiger partial charge < -0.3 is 14.5 Å². The zero-order valence-corrected chi connectivity index (χ0v) is 19.0. The van der Waals surface area contributed by atoms with Crippen LogP contribution in [-0.4, -0.2) is 23.6 Å². The van der Waals surface area contributed by atoms with Crippen molar-refractivity contribution in [2.75, 3.05) is 11.9 Å². The van der Waals surface area contributed by atoms with E-state index in [1.165, 1.54) is 6.08 Å². The van der Waals surface area contributed by atoms with Crippen LogP contribution in [0.1, 0.15) is 28.6 Å². The van der Waals surface area contributed by atoms with E-state index in [0.717, 1.165) is 11.1 Å². The summed E-state index contributed by atoms with van der Waals surface area (Å²) in [6, 6.07) is 15.8. The van der Waals surface area contributed by atoms with Crippen molar-refractivity contribution >= 4 is 52.6 Å². The minimum absolute atomic E-state index is 0.123. The highest BCUT2D eigenvalue weighted by Crippen LogP contribution is 2.27. The first-order valence-electron chi connectivity index (χ1n) is 9.79. The molecule has 0 atom stereocenters. The Morgan fingerprint density at radius 1 is 1.12 bits per heavy atom. The summed E-state index contributed by atoms with van der Waals surface area (Å²) in [4.78, 5) is 23.8. The van der Waals surface area contributed by atoms with Crippen LogP contribution in [-0.2, 0) is 9.53 Å². The molecule has 0 aliphatic heterocycles. The number of halogens is 1. The Hall–Kier alpha value is -3.42. The summed E-state index contributed by atoms with van der Waals surface area (Å²) in [5, 5.41) is 6.22. The molecule has 0 saturated heterocycles. The van der Waals surface area contributed by atoms with Crippen molar-refractivity contribution in [2.24, 2.45) is 0 Å². The van der Waals surface area contributed by atoms with Gasteiger partial charge in [0.15, 0.2) is 5.11 Å². The predicted molar refractivity (Wildman–Crippen MR) is 130 cm³/mol. The number of aryl methyl sites for hydroxylation is 1. The molecule has 0 radical (unpaired) electrons. The number of esters is 1. The second-order valence-corrected chi connectivity index (χ2v) is 7.56. The number of ether oxygens (including phenoxy) is 1. The van der Waals surface area contributed by atoms with Gasteiger partial charge in [-0.05, 0) is 80.2 Å². The Kier molecular flexibility index (Phi) is 7.81. The number of furan rings is 1. The van der Waals surface area contributed by atoms with Crippen molar-refractivity contribution < 1.29 is 18.7 Å². The summed E-state index contributed by atoms with van der Waals surface area (Å²) < 4.78 is 10.7. The van der Waals surface area contributed by atoms with Crippen LogP contribution in [0.5, 0.6) is 0 Å². The number of hydrogen-bond acceptors (Lipinski definition) is 5. The van der Waals surface area contributed by atoms with Crippen LogP contribution in [0.15, 0.2) is 65.1 Å². The normalized spacial score (nSPS) is 10.7. The molecule has 8 heteroatoms. The van der Waals surface area contributed by atoms with E-state index in [0.29, 0.717) is 34.4 Å². The fraction of sp³-hybridized carbons (Fsp3) is 0.125. The van der Waals surface area contributed by atoms with Crippen molar-refractivity contribution in [3.63, 3.8) is 0 Å². The van der Waals surface area contributed by atoms with Crippen molar-refractivity contribution in [1.82, 2.24) is 5.32 Å². The summed E-state index contributed by atoms with van der Waals surface area (Å²) in [6.45, 7) is 3.98. The number of carbonyl (C=O) groups is 2. The average molecular weight is 469 g/mol. The van der Waals surface area contributed by atoms with E-state index in [-0.39, 0.29) is 5.11 Å². The van der Waals surface area contributed by atoms with Gasteiger partial charge in [-0.3, -0.25) is 10.1 Å². The van der Waals surface area contributed by atoms with Crippen molar-refractivity contribution in [3.05, 3.63) is 82.6 Å². The summed E-state index contributed by atoms with van der Waals surface area (Å²) in [7, 11) is 0. The third-order valence-corrected chi connectivity index (χ3v) is 4.98. The van der Waals surface area contributed by atoms with Crippen LogP contribution in [0.25, 0.3) is 17.4 Å². The van der Waals surface area contributed by atoms with Crippen LogP contribution in [0.2, 0.25) is 5.02 Å². The molecule has 0 fully saturated rings. The topological polar surface area (TPSA) is 80.6 Å². The quantitative estimate of drug-likeness (QED) is 0.278. The molecule has 3 rings (SSSR count). The number of hydrogen-bond donors (Lipinski definition) is 2. The summed E-state index contributed by atoms with van der Waals surface area (Å²) in [5.74, 6) is 0.351. The first kappa shape index (κ1) is 23.2. The number of carbonyl (C=O) groups excluding carboxylic acids is 2. The van der Waals surface area contributed by atoms with Gasteiger partial charge in [0.2, 0.25) is 5.91 Å². The molecule has 1 aromatic heterocycles. The third-order valence-electron chi connectivity index (χ3n) is 4.37. The zero-order valence-electron chi connectivity index (χ0n) is 17.5. The lowest BCUT2D eigenvalue weighted by molar-refractivity contribution is -0.115. The highest BCUT2D eigenvalue weighted by molar-refractivity contribution is 7.80. The molecule has 0 unspecified atom stereocenters. The van der Waals surface area contributed by atoms with Crippen LogP contribution >= 0.6 is 23.8 Å². The molecule has 2 N–H and O–H groups in total. The van der Waals surface area contributed by atoms with E-state index < -0.39 is 11.9 Å². The minimum Gasteiger partial charge on any atom is -0.462 e. The molecule has 0 aliphatic carbocycles. The SMILES string of the molecule is CCOC(=O)c1ccc(NC(=S)NC(=O)/C=C/c2ccc(-c3ccc(C)c(Cl)c3)o2)cc1. The largest absolute Gasteiger partial charge is 0.462 e. The molecule has 0 spiro atoms. The van der Waals surface area contributed by atoms with Gasteiger partial charge in [0.05, 0.1) is 12.2 Å². The fourth-order valence-electron chi connectivity index (χ4n) is 2.72. The van der Waals surface area contributed by atoms with E-state index in [1.54, 1.807) is 43.3 Å². The smallest absolute Gasteiger partial charge is 0.338 e. The fourth-order valence-corrected chi connectivity index (χ4v) is 3.12. The maximum atomic E-state index is 12.1. The minimum atomic E-state index is -0.415. The monoisotopic (exact) mass is 468 g/mol. The summed E-state index contributed by atoms with van der Waals surface area (Å²) in [5.41, 5.74) is 2.89. The molecule has 3 aromatic rings. The Labute approximate surface area is 196 Å². The number of rotatable bonds is 6. The number of benzene rings is 2. The number of thiocarbonyl (C=S) groups is 1. The lowest BCUT2D eigenvalue weighted by Crippen LogP contribution is -2.32. The molecule has 1 heterocycles. The van der Waals surface area contributed by atoms with Gasteiger partial charge >= 0.3 is 5.97 Å². The molecule has 0 aliphatic rings. The zero-order chi connectivity index (χ0) is 23.1. The maximum absolute atomic E-state index is 12.1. The molecule has 2 aromatic carbocycles. The van der Waals surface area contributed by atoms with Gasteiger partial charge in [0.1, 0.15) is 11.5 Å². The Morgan fingerprint density at radius 2 is 1.88 bits per heavy atom. The van der Waals surface area contributed by atoms with E-state index in [9.17, 15) is 9.59 Å². The molecule has 164 valence electrons. The molecule has 6 nitrogen and oxygen atoms in total. The van der Waals surface area contributed by atoms with Crippen LogP contribution in [0, 0.1) is 6.92 Å². The predicted octanol–water partition coefficient (Wildman–Crippen LogP) is 5.61. The van der Waals surface area contributed by atoms with Gasteiger partial charge in [-0.15, -0.1) is 0 Å². The van der Waals surface area contributed by atoms with Crippen LogP contribution in [0.4, 0.5) is 5.69 Å². The number of anilines is 1. The molecular weight excluding hydrogens is 448 g/mol. The van der Waals surface area contributed by atoms with Gasteiger partial charge in [0.25, 0.3) is 0 Å². The first-order chi connectivity index (χ1) is 15.4. The van der Waals surface area contributed by atoms with E-state index in [1.807, 2.05) is 31.2 Å². The second-order valence-electron chi connectivity index (χ2n) is 6.74. The molecule has 32 heavy (non-hydrogen) atoms. The number of nitrogens with one attached hydrogen (secondary N) is 2. The molecular formula is C24H21ClN2O4S. The molecule has 1 amide bonds. The second kappa shape index (κ2) is 10.7. The number of amides is 1. The van der Waals surface area contributed by atoms with E-state index in [4.69, 9.17) is 33.0 Å². The Morgan fingerprint density at radius 3 is 2.56 bits per heavy atom. The summed E-state index contributed by atoms with van der Waals surface area (Å²) >= 11 is 11.3. The average Bonchev–Trinajstić information content (AvgIpc) is 3.24. The van der Waals surface area contributed by atoms with Crippen LogP contribution < -0.4 is 10.6 Å². The van der Waals surface area contributed by atoms with Gasteiger partial charge in [-0.2, -0.15) is 0 Å². The lowest BCUT2D eigenvalue weighted by Gasteiger charge is -2.08. The first-order valence-corrected chi connectivity index (χ1v) is 10.6. The highest BCUT2D eigenvalue weighted by atomic mass is 35.5. The molecule has 0 saturated carbocycles. The molecule has 0 bridgehead atoms. The van der Waals surface area contributed by atoms with Crippen molar-refractivity contribution in [2.45, 2.75) is 13.8 Å². The van der Waals surface area contributed by atoms with E-state index >= 15 is 0 Å². The standard InChI is InChI=1S/C24H21ClN2O4S/c1-3-30-23(29)16-6-8-18(9-7-16)26-24(32)27-22(28)13-11-19-10-12-21(31-19)17-5-4-15(2)20(25)14-17/h4-14H,3H2,1-2H3,(H2,26,27,28,32)/b13-11+. The van der Waals surface area contributed by atoms with Gasteiger partial charge in [-0.25, -0.2) is 4.79 Å². The van der Waals surface area contributed by atoms with Crippen molar-refractivity contribution in [1.29, 1.82) is 0 Å². The third kappa shape index (κ3) is 6.29.